The van der Waals surface area contributed by atoms with Gasteiger partial charge in [-0.2, -0.15) is 0 Å². The molecule has 0 heterocycles. The van der Waals surface area contributed by atoms with Crippen molar-refractivity contribution in [2.75, 3.05) is 0 Å². The summed E-state index contributed by atoms with van der Waals surface area (Å²) in [5.74, 6) is 0. The molecule has 0 atom stereocenters. The van der Waals surface area contributed by atoms with Gasteiger partial charge >= 0.3 is 0 Å². The molecule has 0 radical (unpaired) electrons. The van der Waals surface area contributed by atoms with E-state index in [0.29, 0.717) is 0 Å². The Morgan fingerprint density at radius 2 is 0.680 bits per heavy atom. The van der Waals surface area contributed by atoms with Crippen molar-refractivity contribution < 1.29 is 0 Å². The summed E-state index contributed by atoms with van der Waals surface area (Å²) >= 11 is 0. The molecule has 0 heteroatoms. The van der Waals surface area contributed by atoms with E-state index >= 15 is 0 Å². The molecule has 0 N–H and O–H groups in total. The van der Waals surface area contributed by atoms with Crippen LogP contribution in [0, 0.1) is 0 Å². The van der Waals surface area contributed by atoms with Gasteiger partial charge in [0.1, 0.15) is 0 Å². The lowest BCUT2D eigenvalue weighted by Gasteiger charge is -2.30. The molecule has 0 aliphatic rings. The molecule has 0 aliphatic heterocycles. The molecule has 0 spiro atoms. The maximum Gasteiger partial charge on any atom is -0.0120 e. The molecule has 0 aromatic heterocycles. The molecule has 0 bridgehead atoms. The van der Waals surface area contributed by atoms with E-state index < -0.39 is 0 Å². The first-order valence-electron chi connectivity index (χ1n) is 9.15. The average Bonchev–Trinajstić information content (AvgIpc) is 2.51. The van der Waals surface area contributed by atoms with Crippen molar-refractivity contribution in [1.29, 1.82) is 0 Å². The van der Waals surface area contributed by atoms with E-state index in [1.165, 1.54) is 32.7 Å². The molecule has 0 fully saturated rings. The monoisotopic (exact) mass is 336 g/mol. The fourth-order valence-electron chi connectivity index (χ4n) is 3.74. The van der Waals surface area contributed by atoms with Crippen molar-refractivity contribution in [2.24, 2.45) is 0 Å². The van der Waals surface area contributed by atoms with Crippen molar-refractivity contribution in [3.8, 4) is 0 Å². The maximum absolute atomic E-state index is 2.32. The van der Waals surface area contributed by atoms with E-state index in [4.69, 9.17) is 0 Å². The molecule has 3 rings (SSSR count). The summed E-state index contributed by atoms with van der Waals surface area (Å²) in [4.78, 5) is 0. The van der Waals surface area contributed by atoms with Crippen molar-refractivity contribution in [3.63, 3.8) is 0 Å². The Balaban J connectivity index is 0.00000101. The molecular weight excluding hydrogens is 300 g/mol. The molecule has 25 heavy (non-hydrogen) atoms. The molecule has 3 aromatic rings. The highest BCUT2D eigenvalue weighted by Gasteiger charge is 2.26. The van der Waals surface area contributed by atoms with Crippen LogP contribution >= 0.6 is 0 Å². The average molecular weight is 337 g/mol. The third-order valence-corrected chi connectivity index (χ3v) is 4.43. The number of hydrogen-bond donors (Lipinski definition) is 0. The second-order valence-corrected chi connectivity index (χ2v) is 8.34. The van der Waals surface area contributed by atoms with Gasteiger partial charge in [-0.1, -0.05) is 111 Å². The third-order valence-electron chi connectivity index (χ3n) is 4.43. The molecule has 136 valence electrons. The Kier molecular flexibility index (Phi) is 6.45. The van der Waals surface area contributed by atoms with E-state index in [1.807, 2.05) is 13.8 Å². The van der Waals surface area contributed by atoms with Gasteiger partial charge in [0.05, 0.1) is 0 Å². The van der Waals surface area contributed by atoms with Crippen molar-refractivity contribution >= 4 is 21.5 Å². The summed E-state index contributed by atoms with van der Waals surface area (Å²) in [5.41, 5.74) is 3.17. The number of rotatable bonds is 0. The number of fused-ring (bicyclic) bond motifs is 2. The fraction of sp³-hybridized carbons (Fsp3) is 0.440. The zero-order chi connectivity index (χ0) is 18.1. The van der Waals surface area contributed by atoms with E-state index in [1.54, 1.807) is 0 Å². The van der Waals surface area contributed by atoms with Crippen LogP contribution in [0.15, 0.2) is 48.5 Å². The van der Waals surface area contributed by atoms with Crippen molar-refractivity contribution in [2.45, 2.75) is 73.6 Å². The first kappa shape index (κ1) is 21.2. The van der Waals surface area contributed by atoms with Gasteiger partial charge in [0.15, 0.2) is 0 Å². The second kappa shape index (κ2) is 7.60. The Hall–Kier alpha value is -1.82. The smallest absolute Gasteiger partial charge is 0.0120 e. The lowest BCUT2D eigenvalue weighted by atomic mass is 9.74. The topological polar surface area (TPSA) is 0 Å². The number of hydrogen-bond acceptors (Lipinski definition) is 0. The van der Waals surface area contributed by atoms with Crippen LogP contribution in [0.4, 0.5) is 0 Å². The van der Waals surface area contributed by atoms with Gasteiger partial charge in [-0.3, -0.25) is 0 Å². The first-order chi connectivity index (χ1) is 11.2. The SMILES string of the molecule is C.CC.CC(C)(C)c1c2ccccc2c(C(C)(C)C)c2ccccc12. The first-order valence-corrected chi connectivity index (χ1v) is 9.15. The highest BCUT2D eigenvalue weighted by atomic mass is 14.3. The van der Waals surface area contributed by atoms with Crippen LogP contribution in [-0.2, 0) is 10.8 Å². The summed E-state index contributed by atoms with van der Waals surface area (Å²) < 4.78 is 0. The summed E-state index contributed by atoms with van der Waals surface area (Å²) in [6, 6.07) is 17.8. The molecule has 0 saturated carbocycles. The second-order valence-electron chi connectivity index (χ2n) is 8.34. The molecular formula is C25H36. The molecule has 0 nitrogen and oxygen atoms in total. The van der Waals surface area contributed by atoms with Crippen LogP contribution in [0.2, 0.25) is 0 Å². The molecule has 0 saturated heterocycles. The van der Waals surface area contributed by atoms with Gasteiger partial charge in [0.2, 0.25) is 0 Å². The predicted octanol–water partition coefficient (Wildman–Crippen LogP) is 8.25. The van der Waals surface area contributed by atoms with Crippen LogP contribution in [0.5, 0.6) is 0 Å². The maximum atomic E-state index is 2.32. The van der Waals surface area contributed by atoms with Crippen LogP contribution in [0.1, 0.15) is 73.9 Å². The van der Waals surface area contributed by atoms with Gasteiger partial charge in [-0.15, -0.1) is 0 Å². The largest absolute Gasteiger partial charge is 0.0776 e. The molecule has 0 unspecified atom stereocenters. The minimum absolute atomic E-state index is 0. The minimum atomic E-state index is 0. The van der Waals surface area contributed by atoms with Crippen LogP contribution < -0.4 is 0 Å². The highest BCUT2D eigenvalue weighted by molar-refractivity contribution is 6.07. The van der Waals surface area contributed by atoms with Gasteiger partial charge in [0.25, 0.3) is 0 Å². The predicted molar refractivity (Wildman–Crippen MR) is 117 cm³/mol. The van der Waals surface area contributed by atoms with Crippen molar-refractivity contribution in [1.82, 2.24) is 0 Å². The van der Waals surface area contributed by atoms with Gasteiger partial charge in [-0.05, 0) is 43.5 Å². The summed E-state index contributed by atoms with van der Waals surface area (Å²) in [6.45, 7) is 17.9. The lowest BCUT2D eigenvalue weighted by Crippen LogP contribution is -2.17. The van der Waals surface area contributed by atoms with Gasteiger partial charge in [-0.25, -0.2) is 0 Å². The normalized spacial score (nSPS) is 11.7. The Morgan fingerprint density at radius 1 is 0.480 bits per heavy atom. The molecule has 0 aliphatic carbocycles. The fourth-order valence-corrected chi connectivity index (χ4v) is 3.74. The van der Waals surface area contributed by atoms with E-state index in [9.17, 15) is 0 Å². The third kappa shape index (κ3) is 3.89. The standard InChI is InChI=1S/C22H26.C2H6.CH4/c1-21(2,3)19-15-11-7-9-13-17(15)20(22(4,5)6)18-14-10-8-12-16(18)19;1-2;/h7-14H,1-6H3;1-2H3;1H4. The zero-order valence-electron chi connectivity index (χ0n) is 16.6. The number of benzene rings is 3. The summed E-state index contributed by atoms with van der Waals surface area (Å²) in [6.07, 6.45) is 0. The summed E-state index contributed by atoms with van der Waals surface area (Å²) in [7, 11) is 0. The van der Waals surface area contributed by atoms with Crippen LogP contribution in [0.3, 0.4) is 0 Å². The van der Waals surface area contributed by atoms with E-state index in [2.05, 4.69) is 90.1 Å². The Morgan fingerprint density at radius 3 is 0.840 bits per heavy atom. The Labute approximate surface area is 155 Å². The zero-order valence-corrected chi connectivity index (χ0v) is 16.6. The molecule has 3 aromatic carbocycles. The molecule has 0 amide bonds. The highest BCUT2D eigenvalue weighted by Crippen LogP contribution is 2.43. The van der Waals surface area contributed by atoms with Crippen LogP contribution in [0.25, 0.3) is 21.5 Å². The van der Waals surface area contributed by atoms with E-state index in [0.717, 1.165) is 0 Å². The van der Waals surface area contributed by atoms with Crippen molar-refractivity contribution in [3.05, 3.63) is 59.7 Å². The van der Waals surface area contributed by atoms with Gasteiger partial charge < -0.3 is 0 Å². The quantitative estimate of drug-likeness (QED) is 0.362. The lowest BCUT2D eigenvalue weighted by molar-refractivity contribution is 0.593. The minimum Gasteiger partial charge on any atom is -0.0776 e. The van der Waals surface area contributed by atoms with E-state index in [-0.39, 0.29) is 18.3 Å². The Bertz CT molecular complexity index is 710. The van der Waals surface area contributed by atoms with Gasteiger partial charge in [0, 0.05) is 0 Å². The summed E-state index contributed by atoms with van der Waals surface area (Å²) in [5, 5.41) is 5.61. The van der Waals surface area contributed by atoms with Crippen LogP contribution in [-0.4, -0.2) is 0 Å².